The molecule has 0 spiro atoms. The Balaban J connectivity index is 2.08. The summed E-state index contributed by atoms with van der Waals surface area (Å²) >= 11 is 1.48. The largest absolute Gasteiger partial charge is 0.493 e. The van der Waals surface area contributed by atoms with Crippen molar-refractivity contribution in [1.82, 2.24) is 9.71 Å². The van der Waals surface area contributed by atoms with E-state index in [-0.39, 0.29) is 4.90 Å². The van der Waals surface area contributed by atoms with Crippen molar-refractivity contribution in [3.63, 3.8) is 0 Å². The molecule has 114 valence electrons. The third-order valence-electron chi connectivity index (χ3n) is 2.82. The van der Waals surface area contributed by atoms with Gasteiger partial charge in [0, 0.05) is 24.4 Å². The molecule has 0 saturated carbocycles. The zero-order valence-corrected chi connectivity index (χ0v) is 13.3. The molecule has 0 saturated heterocycles. The maximum absolute atomic E-state index is 12.2. The van der Waals surface area contributed by atoms with E-state index in [1.807, 2.05) is 5.38 Å². The molecular weight excluding hydrogens is 312 g/mol. The lowest BCUT2D eigenvalue weighted by molar-refractivity contribution is 0.354. The van der Waals surface area contributed by atoms with Crippen LogP contribution in [0.15, 0.2) is 34.0 Å². The summed E-state index contributed by atoms with van der Waals surface area (Å²) < 4.78 is 37.1. The number of aromatic nitrogens is 1. The zero-order chi connectivity index (χ0) is 15.3. The second kappa shape index (κ2) is 6.88. The molecule has 1 aromatic heterocycles. The Morgan fingerprint density at radius 1 is 1.24 bits per heavy atom. The minimum Gasteiger partial charge on any atom is -0.493 e. The normalized spacial score (nSPS) is 11.3. The maximum atomic E-state index is 12.2. The number of nitrogens with one attached hydrogen (secondary N) is 1. The van der Waals surface area contributed by atoms with Gasteiger partial charge in [0.1, 0.15) is 0 Å². The van der Waals surface area contributed by atoms with Crippen LogP contribution in [0, 0.1) is 0 Å². The molecule has 21 heavy (non-hydrogen) atoms. The molecule has 0 aliphatic rings. The van der Waals surface area contributed by atoms with Crippen LogP contribution in [0.2, 0.25) is 0 Å². The summed E-state index contributed by atoms with van der Waals surface area (Å²) in [7, 11) is -0.621. The molecule has 0 fully saturated rings. The van der Waals surface area contributed by atoms with Gasteiger partial charge in [0.05, 0.1) is 30.3 Å². The van der Waals surface area contributed by atoms with Crippen molar-refractivity contribution in [1.29, 1.82) is 0 Å². The van der Waals surface area contributed by atoms with Crippen molar-refractivity contribution < 1.29 is 17.9 Å². The van der Waals surface area contributed by atoms with Crippen molar-refractivity contribution in [2.45, 2.75) is 11.3 Å². The number of hydrogen-bond donors (Lipinski definition) is 1. The fourth-order valence-electron chi connectivity index (χ4n) is 1.74. The monoisotopic (exact) mass is 328 g/mol. The summed E-state index contributed by atoms with van der Waals surface area (Å²) in [5.41, 5.74) is 2.59. The van der Waals surface area contributed by atoms with Crippen molar-refractivity contribution in [3.05, 3.63) is 34.8 Å². The molecule has 1 aromatic carbocycles. The molecule has 0 aliphatic heterocycles. The summed E-state index contributed by atoms with van der Waals surface area (Å²) in [5, 5.41) is 1.89. The number of thiazole rings is 1. The van der Waals surface area contributed by atoms with Crippen molar-refractivity contribution in [2.24, 2.45) is 0 Å². The van der Waals surface area contributed by atoms with Crippen LogP contribution in [0.3, 0.4) is 0 Å². The second-order valence-corrected chi connectivity index (χ2v) is 6.63. The Morgan fingerprint density at radius 2 is 2.00 bits per heavy atom. The van der Waals surface area contributed by atoms with E-state index in [0.717, 1.165) is 5.69 Å². The number of ether oxygens (including phenoxy) is 2. The van der Waals surface area contributed by atoms with Gasteiger partial charge in [0.25, 0.3) is 0 Å². The second-order valence-electron chi connectivity index (χ2n) is 4.14. The predicted octanol–water partition coefficient (Wildman–Crippen LogP) is 1.68. The molecule has 0 amide bonds. The van der Waals surface area contributed by atoms with Gasteiger partial charge in [0.15, 0.2) is 11.5 Å². The van der Waals surface area contributed by atoms with Crippen LogP contribution in [0.4, 0.5) is 0 Å². The fourth-order valence-corrected chi connectivity index (χ4v) is 3.38. The topological polar surface area (TPSA) is 77.5 Å². The summed E-state index contributed by atoms with van der Waals surface area (Å²) in [6.45, 7) is 0.292. The van der Waals surface area contributed by atoms with Gasteiger partial charge in [-0.05, 0) is 12.1 Å². The van der Waals surface area contributed by atoms with Gasteiger partial charge in [-0.25, -0.2) is 18.1 Å². The molecule has 1 heterocycles. The maximum Gasteiger partial charge on any atom is 0.240 e. The predicted molar refractivity (Wildman–Crippen MR) is 80.6 cm³/mol. The Morgan fingerprint density at radius 3 is 2.62 bits per heavy atom. The first-order valence-corrected chi connectivity index (χ1v) is 8.58. The van der Waals surface area contributed by atoms with Gasteiger partial charge >= 0.3 is 0 Å². The highest BCUT2D eigenvalue weighted by Crippen LogP contribution is 2.29. The van der Waals surface area contributed by atoms with E-state index in [9.17, 15) is 8.42 Å². The smallest absolute Gasteiger partial charge is 0.240 e. The van der Waals surface area contributed by atoms with Crippen molar-refractivity contribution in [2.75, 3.05) is 20.8 Å². The van der Waals surface area contributed by atoms with E-state index in [4.69, 9.17) is 9.47 Å². The fraction of sp³-hybridized carbons (Fsp3) is 0.308. The third kappa shape index (κ3) is 3.93. The molecule has 0 radical (unpaired) electrons. The first-order valence-electron chi connectivity index (χ1n) is 6.15. The Labute approximate surface area is 127 Å². The minimum atomic E-state index is -3.58. The highest BCUT2D eigenvalue weighted by Gasteiger charge is 2.16. The van der Waals surface area contributed by atoms with E-state index in [2.05, 4.69) is 9.71 Å². The van der Waals surface area contributed by atoms with Crippen LogP contribution in [-0.2, 0) is 16.4 Å². The van der Waals surface area contributed by atoms with Gasteiger partial charge in [-0.3, -0.25) is 0 Å². The molecule has 0 aliphatic carbocycles. The van der Waals surface area contributed by atoms with E-state index in [1.165, 1.54) is 37.7 Å². The average Bonchev–Trinajstić information content (AvgIpc) is 2.99. The standard InChI is InChI=1S/C13H16N2O4S2/c1-18-12-4-3-11(7-13(12)19-2)21(16,17)15-6-5-10-8-20-9-14-10/h3-4,7-9,15H,5-6H2,1-2H3. The van der Waals surface area contributed by atoms with Crippen LogP contribution in [0.1, 0.15) is 5.69 Å². The van der Waals surface area contributed by atoms with Crippen LogP contribution in [0.5, 0.6) is 11.5 Å². The Hall–Kier alpha value is -1.64. The highest BCUT2D eigenvalue weighted by atomic mass is 32.2. The average molecular weight is 328 g/mol. The van der Waals surface area contributed by atoms with E-state index >= 15 is 0 Å². The SMILES string of the molecule is COc1ccc(S(=O)(=O)NCCc2cscn2)cc1OC. The molecular formula is C13H16N2O4S2. The minimum absolute atomic E-state index is 0.137. The molecule has 0 bridgehead atoms. The quantitative estimate of drug-likeness (QED) is 0.837. The van der Waals surface area contributed by atoms with Crippen LogP contribution >= 0.6 is 11.3 Å². The summed E-state index contributed by atoms with van der Waals surface area (Å²) in [4.78, 5) is 4.24. The number of hydrogen-bond acceptors (Lipinski definition) is 6. The van der Waals surface area contributed by atoms with Crippen LogP contribution < -0.4 is 14.2 Å². The third-order valence-corrected chi connectivity index (χ3v) is 4.92. The number of sulfonamides is 1. The first-order chi connectivity index (χ1) is 10.1. The highest BCUT2D eigenvalue weighted by molar-refractivity contribution is 7.89. The van der Waals surface area contributed by atoms with Gasteiger partial charge in [-0.1, -0.05) is 0 Å². The van der Waals surface area contributed by atoms with Gasteiger partial charge in [-0.2, -0.15) is 0 Å². The molecule has 2 rings (SSSR count). The molecule has 8 heteroatoms. The van der Waals surface area contributed by atoms with E-state index < -0.39 is 10.0 Å². The first kappa shape index (κ1) is 15.7. The van der Waals surface area contributed by atoms with Gasteiger partial charge in [-0.15, -0.1) is 11.3 Å². The van der Waals surface area contributed by atoms with Gasteiger partial charge in [0.2, 0.25) is 10.0 Å². The molecule has 0 atom stereocenters. The molecule has 1 N–H and O–H groups in total. The van der Waals surface area contributed by atoms with E-state index in [1.54, 1.807) is 11.6 Å². The van der Waals surface area contributed by atoms with Crippen molar-refractivity contribution in [3.8, 4) is 11.5 Å². The Kier molecular flexibility index (Phi) is 5.16. The summed E-state index contributed by atoms with van der Waals surface area (Å²) in [6.07, 6.45) is 0.552. The lowest BCUT2D eigenvalue weighted by atomic mass is 10.3. The number of rotatable bonds is 7. The molecule has 6 nitrogen and oxygen atoms in total. The van der Waals surface area contributed by atoms with Crippen LogP contribution in [0.25, 0.3) is 0 Å². The zero-order valence-electron chi connectivity index (χ0n) is 11.7. The lowest BCUT2D eigenvalue weighted by Crippen LogP contribution is -2.26. The molecule has 0 unspecified atom stereocenters. The van der Waals surface area contributed by atoms with Gasteiger partial charge < -0.3 is 9.47 Å². The number of nitrogens with zero attached hydrogens (tertiary/aromatic N) is 1. The summed E-state index contributed by atoms with van der Waals surface area (Å²) in [6, 6.07) is 4.48. The Bertz CT molecular complexity index is 684. The number of methoxy groups -OCH3 is 2. The molecule has 2 aromatic rings. The summed E-state index contributed by atoms with van der Waals surface area (Å²) in [5.74, 6) is 0.860. The van der Waals surface area contributed by atoms with Crippen molar-refractivity contribution >= 4 is 21.4 Å². The number of benzene rings is 1. The lowest BCUT2D eigenvalue weighted by Gasteiger charge is -2.10. The van der Waals surface area contributed by atoms with E-state index in [0.29, 0.717) is 24.5 Å². The van der Waals surface area contributed by atoms with Crippen LogP contribution in [-0.4, -0.2) is 34.2 Å².